The molecule has 3 atom stereocenters. The fourth-order valence-electron chi connectivity index (χ4n) is 3.65. The van der Waals surface area contributed by atoms with Crippen LogP contribution in [0, 0.1) is 5.92 Å². The number of fused-ring (bicyclic) bond motifs is 2. The zero-order valence-electron chi connectivity index (χ0n) is 8.55. The van der Waals surface area contributed by atoms with E-state index in [4.69, 9.17) is 0 Å². The van der Waals surface area contributed by atoms with E-state index in [1.165, 1.54) is 49.8 Å². The quantitative estimate of drug-likeness (QED) is 0.568. The average molecular weight is 168 g/mol. The summed E-state index contributed by atoms with van der Waals surface area (Å²) >= 11 is 0. The van der Waals surface area contributed by atoms with Crippen molar-refractivity contribution in [2.45, 2.75) is 45.6 Å². The van der Waals surface area contributed by atoms with Crippen molar-refractivity contribution in [3.05, 3.63) is 0 Å². The Morgan fingerprint density at radius 3 is 2.75 bits per heavy atom. The third kappa shape index (κ3) is 1.10. The Hall–Kier alpha value is -0.0400. The van der Waals surface area contributed by atoms with E-state index in [1.54, 1.807) is 0 Å². The first-order valence-corrected chi connectivity index (χ1v) is 5.66. The highest BCUT2D eigenvalue weighted by Crippen LogP contribution is 2.41. The van der Waals surface area contributed by atoms with E-state index in [1.807, 2.05) is 0 Å². The second-order valence-corrected chi connectivity index (χ2v) is 4.80. The van der Waals surface area contributed by atoms with Crippen LogP contribution in [0.15, 0.2) is 0 Å². The SMILES string of the molecule is CCC[N+]12CCC(CC1CC)C2. The molecular formula is C11H22N+. The maximum absolute atomic E-state index is 2.38. The molecule has 0 amide bonds. The van der Waals surface area contributed by atoms with Crippen molar-refractivity contribution in [2.24, 2.45) is 5.92 Å². The molecule has 1 heteroatoms. The van der Waals surface area contributed by atoms with Crippen LogP contribution in [0.5, 0.6) is 0 Å². The Labute approximate surface area is 76.3 Å². The molecule has 0 aromatic carbocycles. The first-order valence-electron chi connectivity index (χ1n) is 5.66. The molecule has 70 valence electrons. The van der Waals surface area contributed by atoms with Crippen molar-refractivity contribution >= 4 is 0 Å². The average Bonchev–Trinajstić information content (AvgIpc) is 2.60. The number of piperidine rings is 1. The Balaban J connectivity index is 2.09. The summed E-state index contributed by atoms with van der Waals surface area (Å²) in [6.07, 6.45) is 5.85. The van der Waals surface area contributed by atoms with Crippen LogP contribution in [0.4, 0.5) is 0 Å². The summed E-state index contributed by atoms with van der Waals surface area (Å²) in [5, 5.41) is 0. The summed E-state index contributed by atoms with van der Waals surface area (Å²) in [6.45, 7) is 9.19. The lowest BCUT2D eigenvalue weighted by atomic mass is 9.98. The predicted octanol–water partition coefficient (Wildman–Crippen LogP) is 2.42. The van der Waals surface area contributed by atoms with Crippen molar-refractivity contribution in [3.63, 3.8) is 0 Å². The minimum Gasteiger partial charge on any atom is -0.321 e. The van der Waals surface area contributed by atoms with Gasteiger partial charge in [0.15, 0.2) is 0 Å². The molecule has 1 nitrogen and oxygen atoms in total. The highest BCUT2D eigenvalue weighted by atomic mass is 15.4. The van der Waals surface area contributed by atoms with E-state index in [0.29, 0.717) is 0 Å². The molecule has 2 rings (SSSR count). The molecule has 2 bridgehead atoms. The largest absolute Gasteiger partial charge is 0.321 e. The van der Waals surface area contributed by atoms with Gasteiger partial charge in [0.05, 0.1) is 25.7 Å². The lowest BCUT2D eigenvalue weighted by Crippen LogP contribution is -2.50. The number of quaternary nitrogens is 1. The molecule has 2 fully saturated rings. The first kappa shape index (κ1) is 8.55. The Morgan fingerprint density at radius 2 is 2.17 bits per heavy atom. The Morgan fingerprint density at radius 1 is 1.33 bits per heavy atom. The summed E-state index contributed by atoms with van der Waals surface area (Å²) in [6, 6.07) is 1.03. The van der Waals surface area contributed by atoms with Crippen molar-refractivity contribution in [2.75, 3.05) is 19.6 Å². The van der Waals surface area contributed by atoms with Crippen molar-refractivity contribution in [1.82, 2.24) is 0 Å². The normalized spacial score (nSPS) is 45.5. The summed E-state index contributed by atoms with van der Waals surface area (Å²) in [5.74, 6) is 1.10. The minimum atomic E-state index is 1.03. The number of nitrogens with zero attached hydrogens (tertiary/aromatic N) is 1. The van der Waals surface area contributed by atoms with E-state index < -0.39 is 0 Å². The molecule has 0 spiro atoms. The first-order chi connectivity index (χ1) is 5.80. The molecule has 2 aliphatic rings. The monoisotopic (exact) mass is 168 g/mol. The van der Waals surface area contributed by atoms with Crippen LogP contribution in [0.3, 0.4) is 0 Å². The zero-order chi connectivity index (χ0) is 8.60. The van der Waals surface area contributed by atoms with Gasteiger partial charge in [0, 0.05) is 18.8 Å². The van der Waals surface area contributed by atoms with E-state index >= 15 is 0 Å². The lowest BCUT2D eigenvalue weighted by Gasteiger charge is -2.38. The maximum atomic E-state index is 2.38. The fraction of sp³-hybridized carbons (Fsp3) is 1.00. The lowest BCUT2D eigenvalue weighted by molar-refractivity contribution is -0.932. The van der Waals surface area contributed by atoms with Gasteiger partial charge in [0.1, 0.15) is 0 Å². The van der Waals surface area contributed by atoms with Gasteiger partial charge < -0.3 is 4.48 Å². The van der Waals surface area contributed by atoms with Gasteiger partial charge in [0.2, 0.25) is 0 Å². The summed E-state index contributed by atoms with van der Waals surface area (Å²) in [5.41, 5.74) is 0. The molecule has 0 N–H and O–H groups in total. The molecule has 0 saturated carbocycles. The molecule has 0 aromatic heterocycles. The van der Waals surface area contributed by atoms with Gasteiger partial charge in [0.25, 0.3) is 0 Å². The fourth-order valence-corrected chi connectivity index (χ4v) is 3.65. The minimum absolute atomic E-state index is 1.03. The van der Waals surface area contributed by atoms with Crippen LogP contribution in [0.2, 0.25) is 0 Å². The molecule has 0 aliphatic carbocycles. The second kappa shape index (κ2) is 3.02. The Bertz CT molecular complexity index is 166. The molecular weight excluding hydrogens is 146 g/mol. The number of hydrogen-bond acceptors (Lipinski definition) is 0. The van der Waals surface area contributed by atoms with Gasteiger partial charge in [-0.25, -0.2) is 0 Å². The summed E-state index contributed by atoms with van der Waals surface area (Å²) in [7, 11) is 0. The van der Waals surface area contributed by atoms with Gasteiger partial charge in [-0.3, -0.25) is 0 Å². The topological polar surface area (TPSA) is 0 Å². The standard InChI is InChI=1S/C11H22N/c1-3-6-12-7-5-10(9-12)8-11(12)4-2/h10-11H,3-9H2,1-2H3/q+1. The molecule has 2 saturated heterocycles. The second-order valence-electron chi connectivity index (χ2n) is 4.80. The highest BCUT2D eigenvalue weighted by molar-refractivity contribution is 4.81. The van der Waals surface area contributed by atoms with Crippen LogP contribution in [-0.4, -0.2) is 30.2 Å². The Kier molecular flexibility index (Phi) is 2.16. The van der Waals surface area contributed by atoms with Crippen molar-refractivity contribution in [1.29, 1.82) is 0 Å². The number of hydrogen-bond donors (Lipinski definition) is 0. The van der Waals surface area contributed by atoms with Crippen LogP contribution in [-0.2, 0) is 0 Å². The van der Waals surface area contributed by atoms with Gasteiger partial charge in [-0.15, -0.1) is 0 Å². The smallest absolute Gasteiger partial charge is 0.0892 e. The third-order valence-corrected chi connectivity index (χ3v) is 4.12. The van der Waals surface area contributed by atoms with Gasteiger partial charge in [-0.2, -0.15) is 0 Å². The molecule has 2 heterocycles. The van der Waals surface area contributed by atoms with E-state index in [0.717, 1.165) is 12.0 Å². The van der Waals surface area contributed by atoms with Crippen LogP contribution >= 0.6 is 0 Å². The summed E-state index contributed by atoms with van der Waals surface area (Å²) < 4.78 is 1.50. The van der Waals surface area contributed by atoms with Crippen LogP contribution < -0.4 is 0 Å². The maximum Gasteiger partial charge on any atom is 0.0892 e. The highest BCUT2D eigenvalue weighted by Gasteiger charge is 2.50. The molecule has 12 heavy (non-hydrogen) atoms. The van der Waals surface area contributed by atoms with E-state index in [9.17, 15) is 0 Å². The van der Waals surface area contributed by atoms with E-state index in [2.05, 4.69) is 13.8 Å². The number of rotatable bonds is 3. The van der Waals surface area contributed by atoms with Crippen LogP contribution in [0.1, 0.15) is 39.5 Å². The van der Waals surface area contributed by atoms with Crippen LogP contribution in [0.25, 0.3) is 0 Å². The predicted molar refractivity (Wildman–Crippen MR) is 52.0 cm³/mol. The van der Waals surface area contributed by atoms with Gasteiger partial charge in [-0.05, 0) is 12.8 Å². The molecule has 2 aliphatic heterocycles. The zero-order valence-corrected chi connectivity index (χ0v) is 8.55. The molecule has 0 aromatic rings. The molecule has 3 unspecified atom stereocenters. The van der Waals surface area contributed by atoms with Gasteiger partial charge >= 0.3 is 0 Å². The van der Waals surface area contributed by atoms with Crippen molar-refractivity contribution in [3.8, 4) is 0 Å². The van der Waals surface area contributed by atoms with Crippen molar-refractivity contribution < 1.29 is 4.48 Å². The molecule has 0 radical (unpaired) electrons. The van der Waals surface area contributed by atoms with Gasteiger partial charge in [-0.1, -0.05) is 13.8 Å². The van der Waals surface area contributed by atoms with E-state index in [-0.39, 0.29) is 0 Å². The third-order valence-electron chi connectivity index (χ3n) is 4.12. The summed E-state index contributed by atoms with van der Waals surface area (Å²) in [4.78, 5) is 0.